The van der Waals surface area contributed by atoms with Gasteiger partial charge >= 0.3 is 0 Å². The zero-order valence-electron chi connectivity index (χ0n) is 15.5. The second kappa shape index (κ2) is 8.32. The smallest absolute Gasteiger partial charge is 0.176 e. The van der Waals surface area contributed by atoms with Gasteiger partial charge in [-0.2, -0.15) is 0 Å². The highest BCUT2D eigenvalue weighted by Gasteiger charge is 2.18. The molecule has 8 heteroatoms. The molecule has 0 radical (unpaired) electrons. The Morgan fingerprint density at radius 3 is 2.33 bits per heavy atom. The number of aromatic hydroxyl groups is 4. The fourth-order valence-electron chi connectivity index (χ4n) is 2.66. The minimum atomic E-state index is -0.460. The molecule has 0 heterocycles. The summed E-state index contributed by atoms with van der Waals surface area (Å²) >= 11 is 0. The maximum absolute atomic E-state index is 12.3. The molecule has 0 aromatic heterocycles. The topological polar surface area (TPSA) is 114 Å². The van der Waals surface area contributed by atoms with Crippen molar-refractivity contribution in [3.8, 4) is 28.7 Å². The molecule has 0 atom stereocenters. The number of hydrogen-bond donors (Lipinski definition) is 6. The van der Waals surface area contributed by atoms with Crippen LogP contribution in [-0.2, 0) is 13.1 Å². The zero-order chi connectivity index (χ0) is 20.2. The molecule has 2 aromatic rings. The van der Waals surface area contributed by atoms with E-state index in [1.54, 1.807) is 13.0 Å². The summed E-state index contributed by atoms with van der Waals surface area (Å²) in [5.74, 6) is -0.957. The van der Waals surface area contributed by atoms with Crippen molar-refractivity contribution in [2.75, 3.05) is 6.54 Å². The van der Waals surface area contributed by atoms with Crippen LogP contribution in [0, 0.1) is 6.92 Å². The lowest BCUT2D eigenvalue weighted by molar-refractivity contribution is -0.00659. The van der Waals surface area contributed by atoms with E-state index in [9.17, 15) is 25.0 Å². The molecule has 0 aliphatic rings. The summed E-state index contributed by atoms with van der Waals surface area (Å²) in [6.45, 7) is 6.78. The van der Waals surface area contributed by atoms with Gasteiger partial charge in [0.15, 0.2) is 17.2 Å². The molecule has 0 amide bonds. The van der Waals surface area contributed by atoms with Gasteiger partial charge in [-0.15, -0.1) is 0 Å². The number of nitrogens with one attached hydrogen (secondary N) is 2. The highest BCUT2D eigenvalue weighted by molar-refractivity contribution is 5.49. The van der Waals surface area contributed by atoms with Crippen molar-refractivity contribution in [3.05, 3.63) is 41.0 Å². The fourth-order valence-corrected chi connectivity index (χ4v) is 2.66. The average molecular weight is 380 g/mol. The Labute approximate surface area is 156 Å². The Bertz CT molecular complexity index is 811. The number of benzene rings is 2. The van der Waals surface area contributed by atoms with Crippen molar-refractivity contribution in [2.24, 2.45) is 0 Å². The predicted octanol–water partition coefficient (Wildman–Crippen LogP) is 2.74. The maximum atomic E-state index is 12.3. The molecule has 0 saturated heterocycles. The van der Waals surface area contributed by atoms with Crippen molar-refractivity contribution in [1.82, 2.24) is 10.6 Å². The van der Waals surface area contributed by atoms with E-state index < -0.39 is 5.75 Å². The molecule has 0 unspecified atom stereocenters. The normalized spacial score (nSPS) is 11.6. The van der Waals surface area contributed by atoms with Crippen LogP contribution >= 0.6 is 0 Å². The molecule has 2 aromatic carbocycles. The van der Waals surface area contributed by atoms with Crippen LogP contribution in [0.2, 0.25) is 0 Å². The van der Waals surface area contributed by atoms with E-state index in [2.05, 4.69) is 15.6 Å². The Balaban J connectivity index is 1.95. The summed E-state index contributed by atoms with van der Waals surface area (Å²) < 4.78 is 12.3. The van der Waals surface area contributed by atoms with Crippen molar-refractivity contribution in [1.29, 1.82) is 0 Å². The fraction of sp³-hybridized carbons (Fsp3) is 0.368. The highest BCUT2D eigenvalue weighted by Crippen LogP contribution is 2.33. The number of rotatable bonds is 8. The maximum Gasteiger partial charge on any atom is 0.176 e. The van der Waals surface area contributed by atoms with Gasteiger partial charge < -0.3 is 31.1 Å². The van der Waals surface area contributed by atoms with Crippen molar-refractivity contribution < 1.29 is 29.9 Å². The predicted molar refractivity (Wildman–Crippen MR) is 98.6 cm³/mol. The molecule has 6 N–H and O–H groups in total. The second-order valence-electron chi connectivity index (χ2n) is 7.12. The summed E-state index contributed by atoms with van der Waals surface area (Å²) in [7, 11) is 0. The van der Waals surface area contributed by atoms with Gasteiger partial charge in [-0.1, -0.05) is 0 Å². The SMILES string of the molecule is Cc1c(O)cc(O)cc1CNC(C)(C)CNCc1cc(OF)cc(O)c1O. The van der Waals surface area contributed by atoms with E-state index in [-0.39, 0.29) is 35.1 Å². The Hall–Kier alpha value is -2.71. The first-order valence-electron chi connectivity index (χ1n) is 8.43. The second-order valence-corrected chi connectivity index (χ2v) is 7.12. The van der Waals surface area contributed by atoms with Gasteiger partial charge in [0.2, 0.25) is 0 Å². The van der Waals surface area contributed by atoms with Gasteiger partial charge in [-0.3, -0.25) is 4.94 Å². The number of phenols is 4. The van der Waals surface area contributed by atoms with Crippen LogP contribution in [0.5, 0.6) is 28.7 Å². The van der Waals surface area contributed by atoms with Crippen LogP contribution in [0.3, 0.4) is 0 Å². The van der Waals surface area contributed by atoms with E-state index in [0.717, 1.165) is 11.6 Å². The van der Waals surface area contributed by atoms with Crippen LogP contribution in [0.25, 0.3) is 0 Å². The Kier molecular flexibility index (Phi) is 6.35. The Morgan fingerprint density at radius 1 is 0.963 bits per heavy atom. The molecule has 2 rings (SSSR count). The molecule has 7 nitrogen and oxygen atoms in total. The molecule has 27 heavy (non-hydrogen) atoms. The van der Waals surface area contributed by atoms with E-state index >= 15 is 0 Å². The first kappa shape index (κ1) is 20.6. The summed E-state index contributed by atoms with van der Waals surface area (Å²) in [4.78, 5) is 3.60. The van der Waals surface area contributed by atoms with Crippen molar-refractivity contribution in [3.63, 3.8) is 0 Å². The molecule has 0 fully saturated rings. The third-order valence-corrected chi connectivity index (χ3v) is 4.34. The van der Waals surface area contributed by atoms with Gasteiger partial charge in [-0.25, -0.2) is 0 Å². The third-order valence-electron chi connectivity index (χ3n) is 4.34. The highest BCUT2D eigenvalue weighted by atomic mass is 19.3. The van der Waals surface area contributed by atoms with Crippen LogP contribution in [0.4, 0.5) is 4.53 Å². The lowest BCUT2D eigenvalue weighted by Crippen LogP contribution is -2.47. The lowest BCUT2D eigenvalue weighted by Gasteiger charge is -2.27. The molecule has 0 spiro atoms. The quantitative estimate of drug-likeness (QED) is 0.390. The number of hydrogen-bond acceptors (Lipinski definition) is 7. The molecular formula is C19H25FN2O5. The minimum Gasteiger partial charge on any atom is -0.508 e. The lowest BCUT2D eigenvalue weighted by atomic mass is 10.0. The zero-order valence-corrected chi connectivity index (χ0v) is 15.5. The average Bonchev–Trinajstić information content (AvgIpc) is 2.60. The standard InChI is InChI=1S/C19H25FN2O5/c1-11-12(4-14(23)6-16(11)24)9-22-19(2,3)10-21-8-13-5-15(27-20)7-17(25)18(13)26/h4-7,21-26H,8-10H2,1-3H3. The molecular weight excluding hydrogens is 355 g/mol. The largest absolute Gasteiger partial charge is 0.508 e. The van der Waals surface area contributed by atoms with Crippen molar-refractivity contribution >= 4 is 0 Å². The number of phenolic OH excluding ortho intramolecular Hbond substituents is 4. The van der Waals surface area contributed by atoms with E-state index in [1.807, 2.05) is 13.8 Å². The summed E-state index contributed by atoms with van der Waals surface area (Å²) in [5, 5.41) is 45.3. The third kappa shape index (κ3) is 5.38. The molecule has 0 aliphatic heterocycles. The van der Waals surface area contributed by atoms with Crippen LogP contribution in [0.15, 0.2) is 24.3 Å². The minimum absolute atomic E-state index is 0.00363. The van der Waals surface area contributed by atoms with E-state index in [1.165, 1.54) is 12.1 Å². The van der Waals surface area contributed by atoms with Crippen molar-refractivity contribution in [2.45, 2.75) is 39.4 Å². The first-order valence-corrected chi connectivity index (χ1v) is 8.43. The molecule has 0 bridgehead atoms. The molecule has 0 aliphatic carbocycles. The first-order chi connectivity index (χ1) is 12.6. The van der Waals surface area contributed by atoms with Gasteiger partial charge in [0.05, 0.1) is 0 Å². The van der Waals surface area contributed by atoms with Crippen LogP contribution in [-0.4, -0.2) is 32.5 Å². The van der Waals surface area contributed by atoms with Gasteiger partial charge in [-0.05, 0) is 44.0 Å². The van der Waals surface area contributed by atoms with Gasteiger partial charge in [0.1, 0.15) is 11.5 Å². The Morgan fingerprint density at radius 2 is 1.67 bits per heavy atom. The summed E-state index contributed by atoms with van der Waals surface area (Å²) in [6.07, 6.45) is 0. The van der Waals surface area contributed by atoms with Crippen LogP contribution in [0.1, 0.15) is 30.5 Å². The summed E-state index contributed by atoms with van der Waals surface area (Å²) in [6, 6.07) is 5.16. The molecule has 148 valence electrons. The van der Waals surface area contributed by atoms with E-state index in [0.29, 0.717) is 24.2 Å². The van der Waals surface area contributed by atoms with Crippen LogP contribution < -0.4 is 15.6 Å². The van der Waals surface area contributed by atoms with Gasteiger partial charge in [0, 0.05) is 47.4 Å². The molecule has 0 saturated carbocycles. The van der Waals surface area contributed by atoms with Gasteiger partial charge in [0.25, 0.3) is 0 Å². The number of halogens is 1. The monoisotopic (exact) mass is 380 g/mol. The summed E-state index contributed by atoms with van der Waals surface area (Å²) in [5.41, 5.74) is 1.38. The van der Waals surface area contributed by atoms with E-state index in [4.69, 9.17) is 0 Å².